The van der Waals surface area contributed by atoms with Crippen molar-refractivity contribution in [1.82, 2.24) is 14.5 Å². The fraction of sp³-hybridized carbons (Fsp3) is 0.353. The summed E-state index contributed by atoms with van der Waals surface area (Å²) in [6.07, 6.45) is 7.08. The second kappa shape index (κ2) is 6.56. The summed E-state index contributed by atoms with van der Waals surface area (Å²) >= 11 is 0. The maximum absolute atomic E-state index is 12.4. The lowest BCUT2D eigenvalue weighted by atomic mass is 9.98. The molecule has 5 heteroatoms. The largest absolute Gasteiger partial charge is 0.337 e. The van der Waals surface area contributed by atoms with E-state index in [1.54, 1.807) is 12.5 Å². The van der Waals surface area contributed by atoms with Gasteiger partial charge in [-0.1, -0.05) is 30.3 Å². The molecule has 0 unspecified atom stereocenters. The average Bonchev–Trinajstić information content (AvgIpc) is 3.12. The molecule has 2 amide bonds. The first kappa shape index (κ1) is 14.5. The Labute approximate surface area is 129 Å². The minimum atomic E-state index is -0.205. The van der Waals surface area contributed by atoms with Gasteiger partial charge in [0.05, 0.1) is 12.2 Å². The summed E-state index contributed by atoms with van der Waals surface area (Å²) in [5, 5.41) is 0. The number of carbonyl (C=O) groups is 2. The van der Waals surface area contributed by atoms with E-state index >= 15 is 0 Å². The van der Waals surface area contributed by atoms with Crippen molar-refractivity contribution in [2.75, 3.05) is 6.54 Å². The van der Waals surface area contributed by atoms with Crippen LogP contribution < -0.4 is 0 Å². The molecule has 1 aliphatic rings. The lowest BCUT2D eigenvalue weighted by molar-refractivity contribution is -0.139. The number of amides is 2. The number of hydrogen-bond donors (Lipinski definition) is 0. The first-order valence-corrected chi connectivity index (χ1v) is 7.58. The van der Waals surface area contributed by atoms with Crippen molar-refractivity contribution >= 4 is 11.8 Å². The van der Waals surface area contributed by atoms with Crippen molar-refractivity contribution < 1.29 is 9.59 Å². The summed E-state index contributed by atoms with van der Waals surface area (Å²) in [7, 11) is 0. The number of hydrogen-bond acceptors (Lipinski definition) is 3. The van der Waals surface area contributed by atoms with E-state index in [0.717, 1.165) is 18.5 Å². The number of nitrogens with zero attached hydrogens (tertiary/aromatic N) is 3. The third kappa shape index (κ3) is 3.24. The summed E-state index contributed by atoms with van der Waals surface area (Å²) < 4.78 is 1.95. The van der Waals surface area contributed by atoms with E-state index in [-0.39, 0.29) is 17.7 Å². The van der Waals surface area contributed by atoms with Crippen LogP contribution >= 0.6 is 0 Å². The highest BCUT2D eigenvalue weighted by Crippen LogP contribution is 2.23. The summed E-state index contributed by atoms with van der Waals surface area (Å²) in [6, 6.07) is 9.87. The van der Waals surface area contributed by atoms with Crippen LogP contribution in [0, 0.1) is 5.92 Å². The van der Waals surface area contributed by atoms with E-state index in [0.29, 0.717) is 19.4 Å². The number of aromatic nitrogens is 2. The second-order valence-electron chi connectivity index (χ2n) is 5.63. The van der Waals surface area contributed by atoms with Gasteiger partial charge in [0.25, 0.3) is 0 Å². The first-order chi connectivity index (χ1) is 10.7. The zero-order valence-corrected chi connectivity index (χ0v) is 12.4. The Balaban J connectivity index is 1.54. The van der Waals surface area contributed by atoms with Crippen molar-refractivity contribution in [3.63, 3.8) is 0 Å². The lowest BCUT2D eigenvalue weighted by Gasteiger charge is -2.15. The Kier molecular flexibility index (Phi) is 4.32. The van der Waals surface area contributed by atoms with Crippen LogP contribution in [0.25, 0.3) is 0 Å². The fourth-order valence-corrected chi connectivity index (χ4v) is 2.87. The Morgan fingerprint density at radius 1 is 1.14 bits per heavy atom. The Morgan fingerprint density at radius 2 is 1.95 bits per heavy atom. The number of likely N-dealkylation sites (tertiary alicyclic amines) is 1. The van der Waals surface area contributed by atoms with Gasteiger partial charge in [0.15, 0.2) is 0 Å². The van der Waals surface area contributed by atoms with Crippen LogP contribution in [0.3, 0.4) is 0 Å². The molecule has 1 fully saturated rings. The molecule has 1 aliphatic heterocycles. The van der Waals surface area contributed by atoms with Crippen molar-refractivity contribution in [1.29, 1.82) is 0 Å². The molecular formula is C17H19N3O2. The third-order valence-corrected chi connectivity index (χ3v) is 4.02. The maximum Gasteiger partial charge on any atom is 0.233 e. The SMILES string of the molecule is O=C1C[C@@H](Cc2ccccc2)C(=O)N1CCCn1ccnc1. The number of imidazole rings is 1. The molecule has 1 saturated heterocycles. The van der Waals surface area contributed by atoms with Gasteiger partial charge in [-0.15, -0.1) is 0 Å². The highest BCUT2D eigenvalue weighted by Gasteiger charge is 2.37. The van der Waals surface area contributed by atoms with Crippen LogP contribution in [0.1, 0.15) is 18.4 Å². The van der Waals surface area contributed by atoms with Crippen LogP contribution in [0.15, 0.2) is 49.1 Å². The molecule has 5 nitrogen and oxygen atoms in total. The summed E-state index contributed by atoms with van der Waals surface area (Å²) in [4.78, 5) is 29.9. The quantitative estimate of drug-likeness (QED) is 0.765. The van der Waals surface area contributed by atoms with Crippen LogP contribution in [0.5, 0.6) is 0 Å². The van der Waals surface area contributed by atoms with Crippen LogP contribution in [0.2, 0.25) is 0 Å². The molecule has 2 aromatic rings. The molecule has 1 aromatic carbocycles. The molecule has 114 valence electrons. The van der Waals surface area contributed by atoms with Crippen molar-refractivity contribution in [2.24, 2.45) is 5.92 Å². The van der Waals surface area contributed by atoms with Gasteiger partial charge >= 0.3 is 0 Å². The topological polar surface area (TPSA) is 55.2 Å². The van der Waals surface area contributed by atoms with E-state index in [4.69, 9.17) is 0 Å². The molecule has 0 saturated carbocycles. The van der Waals surface area contributed by atoms with Gasteiger partial charge in [-0.05, 0) is 18.4 Å². The molecule has 0 aliphatic carbocycles. The molecule has 0 spiro atoms. The Hall–Kier alpha value is -2.43. The standard InChI is InChI=1S/C17H19N3O2/c21-16-12-15(11-14-5-2-1-3-6-14)17(22)20(16)9-4-8-19-10-7-18-13-19/h1-3,5-7,10,13,15H,4,8-9,11-12H2/t15-/m1/s1. The van der Waals surface area contributed by atoms with Crippen molar-refractivity contribution in [3.05, 3.63) is 54.6 Å². The first-order valence-electron chi connectivity index (χ1n) is 7.58. The summed E-state index contributed by atoms with van der Waals surface area (Å²) in [5.41, 5.74) is 1.11. The molecule has 0 N–H and O–H groups in total. The predicted molar refractivity (Wildman–Crippen MR) is 81.8 cm³/mol. The molecule has 2 heterocycles. The molecular weight excluding hydrogens is 278 g/mol. The van der Waals surface area contributed by atoms with Crippen LogP contribution in [0.4, 0.5) is 0 Å². The Morgan fingerprint density at radius 3 is 2.68 bits per heavy atom. The normalized spacial score (nSPS) is 18.2. The van der Waals surface area contributed by atoms with E-state index in [9.17, 15) is 9.59 Å². The zero-order chi connectivity index (χ0) is 15.4. The third-order valence-electron chi connectivity index (χ3n) is 4.02. The van der Waals surface area contributed by atoms with E-state index in [1.165, 1.54) is 4.90 Å². The minimum absolute atomic E-state index is 0.0283. The molecule has 0 bridgehead atoms. The van der Waals surface area contributed by atoms with E-state index in [2.05, 4.69) is 4.98 Å². The monoisotopic (exact) mass is 297 g/mol. The number of rotatable bonds is 6. The van der Waals surface area contributed by atoms with Crippen LogP contribution in [-0.4, -0.2) is 32.8 Å². The summed E-state index contributed by atoms with van der Waals surface area (Å²) in [6.45, 7) is 1.25. The van der Waals surface area contributed by atoms with Gasteiger partial charge in [0.1, 0.15) is 0 Å². The Bertz CT molecular complexity index is 637. The number of aryl methyl sites for hydroxylation is 1. The second-order valence-corrected chi connectivity index (χ2v) is 5.63. The lowest BCUT2D eigenvalue weighted by Crippen LogP contribution is -2.32. The maximum atomic E-state index is 12.4. The van der Waals surface area contributed by atoms with Gasteiger partial charge in [0, 0.05) is 31.9 Å². The van der Waals surface area contributed by atoms with Gasteiger partial charge in [-0.25, -0.2) is 4.98 Å². The highest BCUT2D eigenvalue weighted by molar-refractivity contribution is 6.03. The predicted octanol–water partition coefficient (Wildman–Crippen LogP) is 1.89. The number of imide groups is 1. The van der Waals surface area contributed by atoms with Gasteiger partial charge in [0.2, 0.25) is 11.8 Å². The molecule has 0 radical (unpaired) electrons. The van der Waals surface area contributed by atoms with Gasteiger partial charge < -0.3 is 4.57 Å². The van der Waals surface area contributed by atoms with Gasteiger partial charge in [-0.2, -0.15) is 0 Å². The van der Waals surface area contributed by atoms with E-state index < -0.39 is 0 Å². The zero-order valence-electron chi connectivity index (χ0n) is 12.4. The van der Waals surface area contributed by atoms with Crippen molar-refractivity contribution in [3.8, 4) is 0 Å². The molecule has 3 rings (SSSR count). The van der Waals surface area contributed by atoms with Crippen molar-refractivity contribution in [2.45, 2.75) is 25.8 Å². The average molecular weight is 297 g/mol. The van der Waals surface area contributed by atoms with E-state index in [1.807, 2.05) is 41.1 Å². The van der Waals surface area contributed by atoms with Crippen LogP contribution in [-0.2, 0) is 22.6 Å². The minimum Gasteiger partial charge on any atom is -0.337 e. The smallest absolute Gasteiger partial charge is 0.233 e. The van der Waals surface area contributed by atoms with Gasteiger partial charge in [-0.3, -0.25) is 14.5 Å². The number of carbonyl (C=O) groups excluding carboxylic acids is 2. The molecule has 22 heavy (non-hydrogen) atoms. The summed E-state index contributed by atoms with van der Waals surface area (Å²) in [5.74, 6) is -0.279. The fourth-order valence-electron chi connectivity index (χ4n) is 2.87. The number of benzene rings is 1. The molecule has 1 aromatic heterocycles. The molecule has 1 atom stereocenters. The highest BCUT2D eigenvalue weighted by atomic mass is 16.2.